The Balaban J connectivity index is 1.40. The predicted molar refractivity (Wildman–Crippen MR) is 116 cm³/mol. The quantitative estimate of drug-likeness (QED) is 0.642. The standard InChI is InChI=1S/C21H22ClN3O2S/c1-13-3-5-16-19(11-13)28-21(24-16)25-9-7-14(8-10-25)20(26)23-17-12-15(22)4-6-18(17)27-2/h3-6,11-12,14H,7-10H2,1-2H3,(H,23,26). The molecule has 3 aromatic rings. The molecule has 1 amide bonds. The molecule has 146 valence electrons. The van der Waals surface area contributed by atoms with E-state index in [2.05, 4.69) is 35.3 Å². The number of carbonyl (C=O) groups excluding carboxylic acids is 1. The minimum atomic E-state index is -0.0310. The van der Waals surface area contributed by atoms with Crippen molar-refractivity contribution in [1.29, 1.82) is 0 Å². The molecule has 5 nitrogen and oxygen atoms in total. The van der Waals surface area contributed by atoms with Crippen LogP contribution in [0.25, 0.3) is 10.2 Å². The number of nitrogens with one attached hydrogen (secondary N) is 1. The maximum atomic E-state index is 12.7. The first-order chi connectivity index (χ1) is 13.5. The number of rotatable bonds is 4. The number of benzene rings is 2. The van der Waals surface area contributed by atoms with E-state index in [0.29, 0.717) is 16.5 Å². The van der Waals surface area contributed by atoms with E-state index in [4.69, 9.17) is 21.3 Å². The second-order valence-corrected chi connectivity index (χ2v) is 8.51. The van der Waals surface area contributed by atoms with Crippen LogP contribution < -0.4 is 15.0 Å². The van der Waals surface area contributed by atoms with E-state index in [1.165, 1.54) is 10.3 Å². The molecule has 0 radical (unpaired) electrons. The van der Waals surface area contributed by atoms with Crippen LogP contribution in [0, 0.1) is 12.8 Å². The second-order valence-electron chi connectivity index (χ2n) is 7.06. The normalized spacial score (nSPS) is 15.0. The molecule has 28 heavy (non-hydrogen) atoms. The first-order valence-corrected chi connectivity index (χ1v) is 10.5. The van der Waals surface area contributed by atoms with Gasteiger partial charge in [-0.15, -0.1) is 0 Å². The number of anilines is 2. The first-order valence-electron chi connectivity index (χ1n) is 9.30. The van der Waals surface area contributed by atoms with Gasteiger partial charge in [0.25, 0.3) is 0 Å². The summed E-state index contributed by atoms with van der Waals surface area (Å²) < 4.78 is 6.52. The van der Waals surface area contributed by atoms with E-state index in [1.807, 2.05) is 0 Å². The summed E-state index contributed by atoms with van der Waals surface area (Å²) in [5.41, 5.74) is 2.90. The molecule has 0 unspecified atom stereocenters. The van der Waals surface area contributed by atoms with Crippen molar-refractivity contribution >= 4 is 49.9 Å². The van der Waals surface area contributed by atoms with Crippen LogP contribution >= 0.6 is 22.9 Å². The smallest absolute Gasteiger partial charge is 0.227 e. The molecule has 0 spiro atoms. The maximum Gasteiger partial charge on any atom is 0.227 e. The number of halogens is 1. The molecular formula is C21H22ClN3O2S. The number of ether oxygens (including phenoxy) is 1. The third kappa shape index (κ3) is 3.93. The van der Waals surface area contributed by atoms with Gasteiger partial charge in [0, 0.05) is 24.0 Å². The van der Waals surface area contributed by atoms with Gasteiger partial charge in [-0.05, 0) is 55.7 Å². The number of hydrogen-bond donors (Lipinski definition) is 1. The Morgan fingerprint density at radius 2 is 2.04 bits per heavy atom. The van der Waals surface area contributed by atoms with Crippen LogP contribution in [-0.2, 0) is 4.79 Å². The van der Waals surface area contributed by atoms with Crippen LogP contribution in [0.3, 0.4) is 0 Å². The lowest BCUT2D eigenvalue weighted by Gasteiger charge is -2.31. The Morgan fingerprint density at radius 1 is 1.25 bits per heavy atom. The fraction of sp³-hybridized carbons (Fsp3) is 0.333. The molecule has 1 saturated heterocycles. The van der Waals surface area contributed by atoms with E-state index in [-0.39, 0.29) is 11.8 Å². The first kappa shape index (κ1) is 19.0. The van der Waals surface area contributed by atoms with Crippen LogP contribution in [0.5, 0.6) is 5.75 Å². The number of thiazole rings is 1. The lowest BCUT2D eigenvalue weighted by Crippen LogP contribution is -2.38. The summed E-state index contributed by atoms with van der Waals surface area (Å²) in [6.07, 6.45) is 1.59. The lowest BCUT2D eigenvalue weighted by molar-refractivity contribution is -0.120. The minimum Gasteiger partial charge on any atom is -0.495 e. The van der Waals surface area contributed by atoms with Gasteiger partial charge in [0.15, 0.2) is 5.13 Å². The predicted octanol–water partition coefficient (Wildman–Crippen LogP) is 5.12. The van der Waals surface area contributed by atoms with Crippen LogP contribution in [-0.4, -0.2) is 31.1 Å². The van der Waals surface area contributed by atoms with Crippen LogP contribution in [0.15, 0.2) is 36.4 Å². The summed E-state index contributed by atoms with van der Waals surface area (Å²) in [6.45, 7) is 3.74. The number of carbonyl (C=O) groups is 1. The summed E-state index contributed by atoms with van der Waals surface area (Å²) in [5.74, 6) is 0.594. The van der Waals surface area contributed by atoms with Gasteiger partial charge < -0.3 is 15.0 Å². The van der Waals surface area contributed by atoms with E-state index < -0.39 is 0 Å². The highest BCUT2D eigenvalue weighted by atomic mass is 35.5. The molecule has 0 saturated carbocycles. The third-order valence-electron chi connectivity index (χ3n) is 5.09. The van der Waals surface area contributed by atoms with Crippen molar-refractivity contribution in [2.45, 2.75) is 19.8 Å². The van der Waals surface area contributed by atoms with Crippen LogP contribution in [0.4, 0.5) is 10.8 Å². The number of fused-ring (bicyclic) bond motifs is 1. The zero-order valence-corrected chi connectivity index (χ0v) is 17.4. The topological polar surface area (TPSA) is 54.5 Å². The fourth-order valence-electron chi connectivity index (χ4n) is 3.50. The van der Waals surface area contributed by atoms with E-state index in [9.17, 15) is 4.79 Å². The minimum absolute atomic E-state index is 0.0140. The summed E-state index contributed by atoms with van der Waals surface area (Å²) >= 11 is 7.77. The zero-order chi connectivity index (χ0) is 19.7. The highest BCUT2D eigenvalue weighted by Crippen LogP contribution is 2.33. The summed E-state index contributed by atoms with van der Waals surface area (Å²) in [6, 6.07) is 11.6. The van der Waals surface area contributed by atoms with Gasteiger partial charge in [0.2, 0.25) is 5.91 Å². The van der Waals surface area contributed by atoms with Crippen molar-refractivity contribution < 1.29 is 9.53 Å². The average molecular weight is 416 g/mol. The Hall–Kier alpha value is -2.31. The van der Waals surface area contributed by atoms with Gasteiger partial charge in [0.05, 0.1) is 23.0 Å². The summed E-state index contributed by atoms with van der Waals surface area (Å²) in [5, 5.41) is 4.58. The van der Waals surface area contributed by atoms with E-state index >= 15 is 0 Å². The molecule has 1 aromatic heterocycles. The molecule has 0 atom stereocenters. The molecule has 1 aliphatic rings. The second kappa shape index (κ2) is 7.97. The fourth-order valence-corrected chi connectivity index (χ4v) is 4.79. The van der Waals surface area contributed by atoms with Gasteiger partial charge in [-0.1, -0.05) is 29.0 Å². The number of hydrogen-bond acceptors (Lipinski definition) is 5. The Labute approximate surface area is 173 Å². The molecule has 7 heteroatoms. The lowest BCUT2D eigenvalue weighted by atomic mass is 9.96. The Morgan fingerprint density at radius 3 is 2.79 bits per heavy atom. The van der Waals surface area contributed by atoms with Gasteiger partial charge in [-0.2, -0.15) is 0 Å². The molecule has 2 aromatic carbocycles. The third-order valence-corrected chi connectivity index (χ3v) is 6.40. The zero-order valence-electron chi connectivity index (χ0n) is 15.9. The number of amides is 1. The van der Waals surface area contributed by atoms with Crippen molar-refractivity contribution in [3.05, 3.63) is 47.0 Å². The largest absolute Gasteiger partial charge is 0.495 e. The molecule has 2 heterocycles. The van der Waals surface area contributed by atoms with Crippen LogP contribution in [0.1, 0.15) is 18.4 Å². The van der Waals surface area contributed by atoms with Gasteiger partial charge in [-0.25, -0.2) is 4.98 Å². The van der Waals surface area contributed by atoms with E-state index in [1.54, 1.807) is 36.6 Å². The van der Waals surface area contributed by atoms with Gasteiger partial charge in [-0.3, -0.25) is 4.79 Å². The number of aryl methyl sites for hydroxylation is 1. The molecule has 1 fully saturated rings. The van der Waals surface area contributed by atoms with Gasteiger partial charge >= 0.3 is 0 Å². The van der Waals surface area contributed by atoms with Crippen molar-refractivity contribution in [2.24, 2.45) is 5.92 Å². The highest BCUT2D eigenvalue weighted by Gasteiger charge is 2.27. The van der Waals surface area contributed by atoms with Gasteiger partial charge in [0.1, 0.15) is 5.75 Å². The van der Waals surface area contributed by atoms with Crippen molar-refractivity contribution in [2.75, 3.05) is 30.4 Å². The maximum absolute atomic E-state index is 12.7. The Bertz CT molecular complexity index is 1010. The van der Waals surface area contributed by atoms with Crippen molar-refractivity contribution in [1.82, 2.24) is 4.98 Å². The number of nitrogens with zero attached hydrogens (tertiary/aromatic N) is 2. The molecule has 4 rings (SSSR count). The van der Waals surface area contributed by atoms with Crippen molar-refractivity contribution in [3.63, 3.8) is 0 Å². The molecular weight excluding hydrogens is 394 g/mol. The molecule has 1 N–H and O–H groups in total. The van der Waals surface area contributed by atoms with Crippen molar-refractivity contribution in [3.8, 4) is 5.75 Å². The number of methoxy groups -OCH3 is 1. The average Bonchev–Trinajstić information content (AvgIpc) is 3.11. The molecule has 1 aliphatic heterocycles. The number of aromatic nitrogens is 1. The van der Waals surface area contributed by atoms with E-state index in [0.717, 1.165) is 36.6 Å². The highest BCUT2D eigenvalue weighted by molar-refractivity contribution is 7.22. The van der Waals surface area contributed by atoms with Crippen LogP contribution in [0.2, 0.25) is 5.02 Å². The SMILES string of the molecule is COc1ccc(Cl)cc1NC(=O)C1CCN(c2nc3ccc(C)cc3s2)CC1. The summed E-state index contributed by atoms with van der Waals surface area (Å²) in [4.78, 5) is 19.8. The molecule has 0 aliphatic carbocycles. The molecule has 0 bridgehead atoms. The number of piperidine rings is 1. The monoisotopic (exact) mass is 415 g/mol. The summed E-state index contributed by atoms with van der Waals surface area (Å²) in [7, 11) is 1.58. The Kier molecular flexibility index (Phi) is 5.42.